The number of nitriles is 2. The Morgan fingerprint density at radius 3 is 1.45 bits per heavy atom. The van der Waals surface area contributed by atoms with E-state index in [1.807, 2.05) is 9.80 Å². The van der Waals surface area contributed by atoms with Gasteiger partial charge in [0.2, 0.25) is 0 Å². The maximum absolute atomic E-state index is 10.4. The van der Waals surface area contributed by atoms with Crippen LogP contribution < -0.4 is 0 Å². The van der Waals surface area contributed by atoms with Gasteiger partial charge in [-0.05, 0) is 71.5 Å². The molecule has 0 amide bonds. The molecule has 0 saturated carbocycles. The summed E-state index contributed by atoms with van der Waals surface area (Å²) in [6, 6.07) is 26.5. The van der Waals surface area contributed by atoms with Gasteiger partial charge in [-0.2, -0.15) is 10.5 Å². The average molecular weight is 549 g/mol. The van der Waals surface area contributed by atoms with Crippen molar-refractivity contribution in [3.05, 3.63) is 95.1 Å². The molecule has 2 aromatic heterocycles. The van der Waals surface area contributed by atoms with Crippen LogP contribution in [-0.2, 0) is 39.3 Å². The number of aromatic nitrogens is 2. The molecule has 0 aliphatic carbocycles. The van der Waals surface area contributed by atoms with Gasteiger partial charge in [0, 0.05) is 56.7 Å². The van der Waals surface area contributed by atoms with E-state index in [1.165, 1.54) is 67.6 Å². The van der Waals surface area contributed by atoms with Crippen molar-refractivity contribution in [2.75, 3.05) is 0 Å². The first-order valence-electron chi connectivity index (χ1n) is 15.1. The van der Waals surface area contributed by atoms with E-state index in [9.17, 15) is 10.5 Å². The first-order valence-corrected chi connectivity index (χ1v) is 15.1. The first-order chi connectivity index (χ1) is 20.7. The summed E-state index contributed by atoms with van der Waals surface area (Å²) in [6.45, 7) is 4.13. The lowest BCUT2D eigenvalue weighted by Gasteiger charge is -2.19. The van der Waals surface area contributed by atoms with Crippen LogP contribution in [0.5, 0.6) is 0 Å². The van der Waals surface area contributed by atoms with Gasteiger partial charge in [0.25, 0.3) is 0 Å². The minimum atomic E-state index is 0.543. The number of nitrogens with zero attached hydrogens (tertiary/aromatic N) is 6. The fourth-order valence-electron chi connectivity index (χ4n) is 7.48. The van der Waals surface area contributed by atoms with E-state index in [0.29, 0.717) is 26.2 Å². The van der Waals surface area contributed by atoms with Crippen molar-refractivity contribution in [3.8, 4) is 12.4 Å². The Hall–Kier alpha value is -4.94. The Labute approximate surface area is 245 Å². The SMILES string of the molecule is N#CN1Cc2ccc3c(c2)c2c4cccc2n3CCCCCCn2c3ccc(cc3c3c(cccc32)CN(C#N)C4)C1. The number of rotatable bonds is 0. The zero-order valence-corrected chi connectivity index (χ0v) is 23.7. The van der Waals surface area contributed by atoms with E-state index >= 15 is 0 Å². The Bertz CT molecular complexity index is 1960. The molecule has 42 heavy (non-hydrogen) atoms. The second-order valence-electron chi connectivity index (χ2n) is 12.0. The van der Waals surface area contributed by atoms with Crippen LogP contribution in [0.1, 0.15) is 47.9 Å². The van der Waals surface area contributed by atoms with Crippen LogP contribution in [-0.4, -0.2) is 18.9 Å². The van der Waals surface area contributed by atoms with Gasteiger partial charge in [-0.3, -0.25) is 0 Å². The summed E-state index contributed by atoms with van der Waals surface area (Å²) in [4.78, 5) is 3.77. The van der Waals surface area contributed by atoms with Crippen LogP contribution in [0.15, 0.2) is 72.8 Å². The third kappa shape index (κ3) is 3.90. The standard InChI is InChI=1S/C36H32N6/c37-23-39-19-25-11-13-31-29(17-25)35-27-7-5-9-33(35)41(31)15-3-1-2-4-16-42-32-14-12-26(20-39)18-30(32)36-28(8-6-10-34(36)42)22-40(21-27)24-38/h5-14,17-18H,1-4,15-16,19-22H2. The highest BCUT2D eigenvalue weighted by molar-refractivity contribution is 6.11. The minimum Gasteiger partial charge on any atom is -0.340 e. The van der Waals surface area contributed by atoms with Crippen molar-refractivity contribution in [1.82, 2.24) is 18.9 Å². The molecule has 0 saturated heterocycles. The zero-order chi connectivity index (χ0) is 28.2. The van der Waals surface area contributed by atoms with Gasteiger partial charge in [-0.25, -0.2) is 0 Å². The predicted molar refractivity (Wildman–Crippen MR) is 167 cm³/mol. The van der Waals surface area contributed by atoms with Crippen LogP contribution in [0, 0.1) is 22.9 Å². The highest BCUT2D eigenvalue weighted by Crippen LogP contribution is 2.37. The Balaban J connectivity index is 1.45. The van der Waals surface area contributed by atoms with Crippen LogP contribution in [0.25, 0.3) is 43.6 Å². The van der Waals surface area contributed by atoms with Crippen molar-refractivity contribution >= 4 is 43.6 Å². The van der Waals surface area contributed by atoms with E-state index in [-0.39, 0.29) is 0 Å². The van der Waals surface area contributed by atoms with Gasteiger partial charge < -0.3 is 18.9 Å². The monoisotopic (exact) mass is 548 g/mol. The van der Waals surface area contributed by atoms with E-state index in [0.717, 1.165) is 37.1 Å². The van der Waals surface area contributed by atoms with Crippen molar-refractivity contribution in [3.63, 3.8) is 0 Å². The van der Waals surface area contributed by atoms with Gasteiger partial charge in [0.15, 0.2) is 12.4 Å². The summed E-state index contributed by atoms with van der Waals surface area (Å²) in [5, 5.41) is 25.5. The average Bonchev–Trinajstić information content (AvgIpc) is 3.50. The Morgan fingerprint density at radius 2 is 0.976 bits per heavy atom. The van der Waals surface area contributed by atoms with Gasteiger partial charge >= 0.3 is 0 Å². The maximum atomic E-state index is 10.4. The van der Waals surface area contributed by atoms with Crippen LogP contribution in [0.4, 0.5) is 0 Å². The molecule has 4 aromatic carbocycles. The van der Waals surface area contributed by atoms with Crippen molar-refractivity contribution < 1.29 is 0 Å². The lowest BCUT2D eigenvalue weighted by molar-refractivity contribution is 0.379. The number of aryl methyl sites for hydroxylation is 2. The fourth-order valence-corrected chi connectivity index (χ4v) is 7.48. The molecular weight excluding hydrogens is 516 g/mol. The molecule has 0 fully saturated rings. The van der Waals surface area contributed by atoms with E-state index in [2.05, 4.69) is 94.3 Å². The molecule has 6 heteroatoms. The van der Waals surface area contributed by atoms with Crippen LogP contribution >= 0.6 is 0 Å². The summed E-state index contributed by atoms with van der Waals surface area (Å²) >= 11 is 0. The van der Waals surface area contributed by atoms with Crippen molar-refractivity contribution in [2.24, 2.45) is 0 Å². The van der Waals surface area contributed by atoms with E-state index in [4.69, 9.17) is 0 Å². The molecule has 6 aromatic rings. The predicted octanol–water partition coefficient (Wildman–Crippen LogP) is 7.76. The smallest absolute Gasteiger partial charge is 0.179 e. The van der Waals surface area contributed by atoms with Gasteiger partial charge in [0.1, 0.15) is 0 Å². The maximum Gasteiger partial charge on any atom is 0.179 e. The summed E-state index contributed by atoms with van der Waals surface area (Å²) in [6.07, 6.45) is 9.62. The zero-order valence-electron chi connectivity index (χ0n) is 23.7. The third-order valence-corrected chi connectivity index (χ3v) is 9.35. The molecule has 0 radical (unpaired) electrons. The third-order valence-electron chi connectivity index (χ3n) is 9.35. The molecule has 0 N–H and O–H groups in total. The summed E-state index contributed by atoms with van der Waals surface area (Å²) in [5.74, 6) is 0. The van der Waals surface area contributed by atoms with Crippen molar-refractivity contribution in [2.45, 2.75) is 65.0 Å². The summed E-state index contributed by atoms with van der Waals surface area (Å²) in [7, 11) is 0. The van der Waals surface area contributed by atoms with Crippen molar-refractivity contribution in [1.29, 1.82) is 10.5 Å². The van der Waals surface area contributed by atoms with Crippen LogP contribution in [0.2, 0.25) is 0 Å². The highest BCUT2D eigenvalue weighted by atomic mass is 15.1. The summed E-state index contributed by atoms with van der Waals surface area (Å²) < 4.78 is 4.96. The Kier molecular flexibility index (Phi) is 5.83. The second kappa shape index (κ2) is 9.86. The molecule has 4 heterocycles. The number of hydrogen-bond donors (Lipinski definition) is 0. The molecule has 6 nitrogen and oxygen atoms in total. The van der Waals surface area contributed by atoms with E-state index in [1.54, 1.807) is 0 Å². The van der Waals surface area contributed by atoms with Gasteiger partial charge in [-0.15, -0.1) is 0 Å². The number of fused-ring (bicyclic) bond motifs is 6. The largest absolute Gasteiger partial charge is 0.340 e. The number of benzene rings is 4. The number of hydrogen-bond acceptors (Lipinski definition) is 4. The second-order valence-corrected chi connectivity index (χ2v) is 12.0. The molecule has 0 unspecified atom stereocenters. The lowest BCUT2D eigenvalue weighted by atomic mass is 10.0. The molecule has 0 atom stereocenters. The summed E-state index contributed by atoms with van der Waals surface area (Å²) in [5.41, 5.74) is 9.51. The van der Waals surface area contributed by atoms with Crippen LogP contribution in [0.3, 0.4) is 0 Å². The molecule has 206 valence electrons. The molecule has 2 aliphatic heterocycles. The highest BCUT2D eigenvalue weighted by Gasteiger charge is 2.20. The van der Waals surface area contributed by atoms with Gasteiger partial charge in [0.05, 0.1) is 26.2 Å². The fraction of sp³-hybridized carbons (Fsp3) is 0.278. The van der Waals surface area contributed by atoms with E-state index < -0.39 is 0 Å². The molecular formula is C36H32N6. The quantitative estimate of drug-likeness (QED) is 0.182. The molecule has 12 bridgehead atoms. The first kappa shape index (κ1) is 24.8. The van der Waals surface area contributed by atoms with Gasteiger partial charge in [-0.1, -0.05) is 49.2 Å². The minimum absolute atomic E-state index is 0.543. The molecule has 2 aliphatic rings. The topological polar surface area (TPSA) is 63.9 Å². The molecule has 0 spiro atoms. The normalized spacial score (nSPS) is 16.0. The Morgan fingerprint density at radius 1 is 0.500 bits per heavy atom. The molecule has 8 rings (SSSR count). The lowest BCUT2D eigenvalue weighted by Crippen LogP contribution is -2.17.